The highest BCUT2D eigenvalue weighted by Gasteiger charge is 2.77. The molecular weight excluding hydrogens is 519 g/mol. The van der Waals surface area contributed by atoms with Crippen molar-refractivity contribution < 1.29 is 17.9 Å². The van der Waals surface area contributed by atoms with Crippen molar-refractivity contribution >= 4 is 40.0 Å². The number of ether oxygens (including phenoxy) is 1. The van der Waals surface area contributed by atoms with Crippen LogP contribution in [0.3, 0.4) is 0 Å². The Balaban J connectivity index is 2.13. The second-order valence-corrected chi connectivity index (χ2v) is 31.1. The van der Waals surface area contributed by atoms with Crippen molar-refractivity contribution in [2.24, 2.45) is 0 Å². The first-order valence-corrected chi connectivity index (χ1v) is 25.0. The first-order chi connectivity index (χ1) is 16.3. The number of allylic oxidation sites excluding steroid dienone is 2. The lowest BCUT2D eigenvalue weighted by Gasteiger charge is -2.60. The van der Waals surface area contributed by atoms with Gasteiger partial charge in [-0.1, -0.05) is 82.7 Å². The van der Waals surface area contributed by atoms with E-state index in [2.05, 4.69) is 65.0 Å². The molecule has 2 atom stereocenters. The molecule has 0 aromatic heterocycles. The number of benzene rings is 1. The predicted molar refractivity (Wildman–Crippen MR) is 156 cm³/mol. The molecule has 0 N–H and O–H groups in total. The van der Waals surface area contributed by atoms with Crippen molar-refractivity contribution in [3.8, 4) is 0 Å². The Kier molecular flexibility index (Phi) is 6.45. The van der Waals surface area contributed by atoms with Gasteiger partial charge in [0.15, 0.2) is 5.78 Å². The summed E-state index contributed by atoms with van der Waals surface area (Å²) in [4.78, 5) is 15.1. The largest absolute Gasteiger partial charge is 0.477 e. The molecule has 36 heavy (non-hydrogen) atoms. The standard InChI is InChI=1S/C27H43NO4SSi3/c1-20-13-15-21(16-14-20)33(30,31)28-19-11-12-22-24(35(5,6)7)25(29)26(36(8,9)10)18-17-23(34(2,3)4)32-27(22,26)28/h13-17H,11-12,18-19H2,1-10H3/t26-,27-/m0/s1. The first-order valence-electron chi connectivity index (χ1n) is 13.1. The number of aryl methyl sites for hydroxylation is 1. The molecule has 1 aliphatic carbocycles. The van der Waals surface area contributed by atoms with E-state index in [1.54, 1.807) is 16.4 Å². The molecule has 0 radical (unpaired) electrons. The fraction of sp³-hybridized carbons (Fsp3) is 0.593. The zero-order chi connectivity index (χ0) is 27.1. The van der Waals surface area contributed by atoms with Crippen LogP contribution in [0.5, 0.6) is 0 Å². The molecule has 1 aromatic rings. The average molecular weight is 562 g/mol. The lowest BCUT2D eigenvalue weighted by Crippen LogP contribution is -2.70. The maximum atomic E-state index is 14.8. The molecule has 5 nitrogen and oxygen atoms in total. The summed E-state index contributed by atoms with van der Waals surface area (Å²) in [6, 6.07) is 7.09. The Bertz CT molecular complexity index is 1260. The van der Waals surface area contributed by atoms with Gasteiger partial charge in [-0.05, 0) is 49.1 Å². The third-order valence-electron chi connectivity index (χ3n) is 8.27. The summed E-state index contributed by atoms with van der Waals surface area (Å²) in [7, 11) is -10.3. The van der Waals surface area contributed by atoms with Crippen LogP contribution in [-0.4, -0.2) is 55.0 Å². The number of nitrogens with zero attached hydrogens (tertiary/aromatic N) is 1. The lowest BCUT2D eigenvalue weighted by atomic mass is 9.84. The van der Waals surface area contributed by atoms with E-state index in [-0.39, 0.29) is 10.7 Å². The van der Waals surface area contributed by atoms with Crippen LogP contribution in [0.1, 0.15) is 24.8 Å². The second kappa shape index (κ2) is 8.36. The minimum Gasteiger partial charge on any atom is -0.477 e. The number of hydrogen-bond donors (Lipinski definition) is 0. The van der Waals surface area contributed by atoms with E-state index in [1.807, 2.05) is 19.1 Å². The number of piperidine rings is 1. The van der Waals surface area contributed by atoms with E-state index in [0.717, 1.165) is 28.1 Å². The summed E-state index contributed by atoms with van der Waals surface area (Å²) < 4.78 is 37.8. The van der Waals surface area contributed by atoms with Crippen LogP contribution in [-0.2, 0) is 19.6 Å². The summed E-state index contributed by atoms with van der Waals surface area (Å²) in [5.74, 6) is 0.174. The van der Waals surface area contributed by atoms with Gasteiger partial charge in [-0.2, -0.15) is 4.31 Å². The maximum Gasteiger partial charge on any atom is 0.246 e. The maximum absolute atomic E-state index is 14.8. The normalized spacial score (nSPS) is 27.9. The van der Waals surface area contributed by atoms with Crippen molar-refractivity contribution in [1.29, 1.82) is 0 Å². The van der Waals surface area contributed by atoms with Gasteiger partial charge in [0.05, 0.1) is 31.5 Å². The van der Waals surface area contributed by atoms with Crippen molar-refractivity contribution in [2.45, 2.75) is 101 Å². The number of sulfonamides is 1. The minimum atomic E-state index is -3.92. The van der Waals surface area contributed by atoms with E-state index in [1.165, 1.54) is 0 Å². The molecular formula is C27H43NO4SSi3. The molecule has 0 saturated carbocycles. The molecule has 2 heterocycles. The van der Waals surface area contributed by atoms with Gasteiger partial charge >= 0.3 is 0 Å². The topological polar surface area (TPSA) is 63.7 Å². The van der Waals surface area contributed by atoms with Gasteiger partial charge in [-0.3, -0.25) is 4.79 Å². The molecule has 2 aliphatic heterocycles. The fourth-order valence-corrected chi connectivity index (χ4v) is 14.6. The molecule has 3 aliphatic rings. The molecule has 1 fully saturated rings. The fourth-order valence-electron chi connectivity index (χ4n) is 6.56. The number of ketones is 1. The molecule has 0 amide bonds. The summed E-state index contributed by atoms with van der Waals surface area (Å²) in [5.41, 5.74) is 0.717. The van der Waals surface area contributed by atoms with Crippen molar-refractivity contribution in [3.05, 3.63) is 52.1 Å². The Morgan fingerprint density at radius 1 is 0.917 bits per heavy atom. The molecule has 1 saturated heterocycles. The Morgan fingerprint density at radius 3 is 2.00 bits per heavy atom. The SMILES string of the molecule is Cc1ccc(S(=O)(=O)N2CCCC3=C([Si](C)(C)C)C(=O)[C@@]4([Si](C)(C)C)CC=C([Si](C)(C)C)O[C@]324)cc1. The third-order valence-corrected chi connectivity index (χ3v) is 17.3. The van der Waals surface area contributed by atoms with Crippen molar-refractivity contribution in [2.75, 3.05) is 6.54 Å². The Morgan fingerprint density at radius 2 is 1.50 bits per heavy atom. The second-order valence-electron chi connectivity index (χ2n) is 13.9. The highest BCUT2D eigenvalue weighted by atomic mass is 32.2. The number of rotatable bonds is 5. The predicted octanol–water partition coefficient (Wildman–Crippen LogP) is 6.49. The average Bonchev–Trinajstić information content (AvgIpc) is 2.98. The van der Waals surface area contributed by atoms with Gasteiger partial charge in [-0.25, -0.2) is 8.42 Å². The van der Waals surface area contributed by atoms with E-state index in [0.29, 0.717) is 19.4 Å². The van der Waals surface area contributed by atoms with Crippen LogP contribution < -0.4 is 0 Å². The van der Waals surface area contributed by atoms with Gasteiger partial charge in [0.1, 0.15) is 8.07 Å². The number of hydrogen-bond acceptors (Lipinski definition) is 4. The van der Waals surface area contributed by atoms with E-state index in [4.69, 9.17) is 4.74 Å². The van der Waals surface area contributed by atoms with E-state index < -0.39 is 45.0 Å². The van der Waals surface area contributed by atoms with Crippen LogP contribution in [0.2, 0.25) is 64.0 Å². The van der Waals surface area contributed by atoms with E-state index >= 15 is 0 Å². The highest BCUT2D eigenvalue weighted by molar-refractivity contribution is 7.89. The van der Waals surface area contributed by atoms with Gasteiger partial charge in [0, 0.05) is 6.54 Å². The molecule has 1 spiro atoms. The zero-order valence-corrected chi connectivity index (χ0v) is 27.5. The van der Waals surface area contributed by atoms with Gasteiger partial charge in [0.25, 0.3) is 0 Å². The van der Waals surface area contributed by atoms with Crippen LogP contribution in [0.4, 0.5) is 0 Å². The van der Waals surface area contributed by atoms with Crippen LogP contribution in [0.25, 0.3) is 0 Å². The quantitative estimate of drug-likeness (QED) is 0.385. The smallest absolute Gasteiger partial charge is 0.246 e. The molecule has 0 unspecified atom stereocenters. The van der Waals surface area contributed by atoms with Crippen molar-refractivity contribution in [3.63, 3.8) is 0 Å². The monoisotopic (exact) mass is 561 g/mol. The minimum absolute atomic E-state index is 0.174. The third kappa shape index (κ3) is 3.75. The van der Waals surface area contributed by atoms with E-state index in [9.17, 15) is 13.2 Å². The number of carbonyl (C=O) groups excluding carboxylic acids is 1. The van der Waals surface area contributed by atoms with Gasteiger partial charge in [-0.15, -0.1) is 0 Å². The molecule has 1 aromatic carbocycles. The van der Waals surface area contributed by atoms with Gasteiger partial charge < -0.3 is 4.74 Å². The molecule has 198 valence electrons. The van der Waals surface area contributed by atoms with Crippen LogP contribution in [0, 0.1) is 6.92 Å². The Hall–Kier alpha value is -1.27. The van der Waals surface area contributed by atoms with Crippen LogP contribution in [0.15, 0.2) is 51.4 Å². The summed E-state index contributed by atoms with van der Waals surface area (Å²) >= 11 is 0. The summed E-state index contributed by atoms with van der Waals surface area (Å²) in [5, 5.41) is 0.968. The molecule has 0 bridgehead atoms. The summed E-state index contributed by atoms with van der Waals surface area (Å²) in [6.07, 6.45) is 4.12. The van der Waals surface area contributed by atoms with Crippen LogP contribution >= 0.6 is 0 Å². The number of carbonyl (C=O) groups is 1. The van der Waals surface area contributed by atoms with Gasteiger partial charge in [0.2, 0.25) is 15.7 Å². The number of Topliss-reactive ketones (excluding diaryl/α,β-unsaturated/α-hetero) is 1. The molecule has 4 rings (SSSR count). The van der Waals surface area contributed by atoms with Crippen molar-refractivity contribution in [1.82, 2.24) is 4.31 Å². The first kappa shape index (κ1) is 27.8. The summed E-state index contributed by atoms with van der Waals surface area (Å²) in [6.45, 7) is 22.3. The zero-order valence-electron chi connectivity index (χ0n) is 23.7. The highest BCUT2D eigenvalue weighted by Crippen LogP contribution is 2.69. The Labute approximate surface area is 221 Å². The molecule has 9 heteroatoms. The lowest BCUT2D eigenvalue weighted by molar-refractivity contribution is -0.135.